The van der Waals surface area contributed by atoms with Crippen LogP contribution in [0.15, 0.2) is 4.99 Å². The molecule has 0 saturated heterocycles. The van der Waals surface area contributed by atoms with E-state index >= 15 is 0 Å². The van der Waals surface area contributed by atoms with Crippen LogP contribution in [-0.4, -0.2) is 27.9 Å². The number of nitrogen functional groups attached to an aromatic ring is 1. The summed E-state index contributed by atoms with van der Waals surface area (Å²) >= 11 is 3.01. The maximum Gasteiger partial charge on any atom is 0.208 e. The van der Waals surface area contributed by atoms with Crippen LogP contribution in [0, 0.1) is 11.5 Å². The highest BCUT2D eigenvalue weighted by Crippen LogP contribution is 2.27. The van der Waals surface area contributed by atoms with Gasteiger partial charge in [-0.3, -0.25) is 0 Å². The van der Waals surface area contributed by atoms with Gasteiger partial charge >= 0.3 is 0 Å². The fourth-order valence-corrected chi connectivity index (χ4v) is 3.11. The van der Waals surface area contributed by atoms with Crippen LogP contribution in [0.3, 0.4) is 0 Å². The van der Waals surface area contributed by atoms with E-state index in [0.717, 1.165) is 30.4 Å². The molecule has 0 atom stereocenters. The topological polar surface area (TPSA) is 78.3 Å². The van der Waals surface area contributed by atoms with Gasteiger partial charge in [-0.05, 0) is 6.26 Å². The van der Waals surface area contributed by atoms with Crippen molar-refractivity contribution in [1.82, 2.24) is 9.88 Å². The largest absolute Gasteiger partial charge is 0.375 e. The van der Waals surface area contributed by atoms with Crippen molar-refractivity contribution in [3.63, 3.8) is 0 Å². The lowest BCUT2D eigenvalue weighted by atomic mass is 10.2. The molecule has 16 heavy (non-hydrogen) atoms. The summed E-state index contributed by atoms with van der Waals surface area (Å²) in [5, 5.41) is 9.97. The minimum Gasteiger partial charge on any atom is -0.375 e. The van der Waals surface area contributed by atoms with E-state index in [1.807, 2.05) is 12.4 Å². The Hall–Kier alpha value is -1.26. The van der Waals surface area contributed by atoms with Crippen LogP contribution in [0.25, 0.3) is 0 Å². The lowest BCUT2D eigenvalue weighted by molar-refractivity contribution is 0.403. The Morgan fingerprint density at radius 1 is 1.75 bits per heavy atom. The van der Waals surface area contributed by atoms with Crippen LogP contribution < -0.4 is 5.73 Å². The van der Waals surface area contributed by atoms with Crippen LogP contribution in [0.1, 0.15) is 10.6 Å². The minimum absolute atomic E-state index is 0.620. The second-order valence-electron chi connectivity index (χ2n) is 3.29. The second kappa shape index (κ2) is 4.72. The molecule has 0 amide bonds. The van der Waals surface area contributed by atoms with Crippen LogP contribution in [0.4, 0.5) is 5.13 Å². The van der Waals surface area contributed by atoms with E-state index in [1.54, 1.807) is 0 Å². The number of hydrogen-bond donors (Lipinski definition) is 1. The first-order chi connectivity index (χ1) is 7.74. The summed E-state index contributed by atoms with van der Waals surface area (Å²) in [4.78, 5) is 11.4. The van der Waals surface area contributed by atoms with E-state index in [2.05, 4.69) is 14.9 Å². The molecule has 1 aliphatic heterocycles. The predicted octanol–water partition coefficient (Wildman–Crippen LogP) is 1.28. The number of amidine groups is 1. The van der Waals surface area contributed by atoms with Crippen LogP contribution in [0.2, 0.25) is 0 Å². The first kappa shape index (κ1) is 11.2. The number of aromatic nitrogens is 1. The number of fused-ring (bicyclic) bond motifs is 1. The van der Waals surface area contributed by atoms with Crippen molar-refractivity contribution in [2.75, 3.05) is 18.5 Å². The molecule has 0 unspecified atom stereocenters. The van der Waals surface area contributed by atoms with Gasteiger partial charge < -0.3 is 10.6 Å². The van der Waals surface area contributed by atoms with Gasteiger partial charge in [0.15, 0.2) is 10.3 Å². The number of hydrogen-bond acceptors (Lipinski definition) is 6. The highest BCUT2D eigenvalue weighted by atomic mass is 32.2. The van der Waals surface area contributed by atoms with Crippen molar-refractivity contribution >= 4 is 33.4 Å². The summed E-state index contributed by atoms with van der Waals surface area (Å²) in [6.45, 7) is 1.60. The zero-order valence-electron chi connectivity index (χ0n) is 8.80. The molecule has 0 bridgehead atoms. The van der Waals surface area contributed by atoms with Crippen molar-refractivity contribution in [3.8, 4) is 6.19 Å². The molecular weight excluding hydrogens is 242 g/mol. The van der Waals surface area contributed by atoms with E-state index in [0.29, 0.717) is 5.13 Å². The van der Waals surface area contributed by atoms with E-state index in [9.17, 15) is 0 Å². The molecule has 1 aromatic rings. The third kappa shape index (κ3) is 2.13. The molecule has 1 aliphatic rings. The average molecular weight is 253 g/mol. The van der Waals surface area contributed by atoms with Gasteiger partial charge in [-0.15, -0.1) is 16.3 Å². The van der Waals surface area contributed by atoms with Crippen molar-refractivity contribution < 1.29 is 0 Å². The minimum atomic E-state index is 0.620. The van der Waals surface area contributed by atoms with Crippen molar-refractivity contribution in [2.45, 2.75) is 13.0 Å². The molecule has 0 aliphatic carbocycles. The highest BCUT2D eigenvalue weighted by molar-refractivity contribution is 8.13. The van der Waals surface area contributed by atoms with Gasteiger partial charge in [0.1, 0.15) is 0 Å². The average Bonchev–Trinajstić information content (AvgIpc) is 2.64. The van der Waals surface area contributed by atoms with Crippen LogP contribution >= 0.6 is 23.1 Å². The number of nitrogens with two attached hydrogens (primary N) is 1. The number of rotatable bonds is 0. The van der Waals surface area contributed by atoms with Crippen molar-refractivity contribution in [2.24, 2.45) is 4.99 Å². The van der Waals surface area contributed by atoms with E-state index in [-0.39, 0.29) is 0 Å². The number of nitrogens with zero attached hydrogens (tertiary/aromatic N) is 4. The Kier molecular flexibility index (Phi) is 3.31. The highest BCUT2D eigenvalue weighted by Gasteiger charge is 2.22. The predicted molar refractivity (Wildman–Crippen MR) is 67.2 cm³/mol. The Morgan fingerprint density at radius 3 is 3.25 bits per heavy atom. The molecule has 1 aromatic heterocycles. The van der Waals surface area contributed by atoms with Crippen LogP contribution in [-0.2, 0) is 13.0 Å². The molecule has 0 spiro atoms. The number of anilines is 1. The molecule has 0 fully saturated rings. The summed E-state index contributed by atoms with van der Waals surface area (Å²) in [5.74, 6) is 0. The summed E-state index contributed by atoms with van der Waals surface area (Å²) in [5.41, 5.74) is 6.77. The Balaban J connectivity index is 2.19. The normalized spacial score (nSPS) is 15.8. The summed E-state index contributed by atoms with van der Waals surface area (Å²) in [7, 11) is 0. The zero-order valence-corrected chi connectivity index (χ0v) is 10.4. The molecule has 5 nitrogen and oxygen atoms in total. The maximum atomic E-state index is 8.59. The van der Waals surface area contributed by atoms with Crippen LogP contribution in [0.5, 0.6) is 0 Å². The van der Waals surface area contributed by atoms with E-state index in [1.165, 1.54) is 28.0 Å². The molecule has 0 radical (unpaired) electrons. The Labute approximate surface area is 102 Å². The van der Waals surface area contributed by atoms with Crippen molar-refractivity contribution in [1.29, 1.82) is 5.26 Å². The van der Waals surface area contributed by atoms with Gasteiger partial charge in [-0.25, -0.2) is 4.98 Å². The maximum absolute atomic E-state index is 8.59. The molecule has 2 heterocycles. The molecule has 0 aromatic carbocycles. The molecule has 2 N–H and O–H groups in total. The van der Waals surface area contributed by atoms with Gasteiger partial charge in [-0.1, -0.05) is 11.8 Å². The van der Waals surface area contributed by atoms with Crippen molar-refractivity contribution in [3.05, 3.63) is 10.6 Å². The fourth-order valence-electron chi connectivity index (χ4n) is 1.67. The molecule has 2 rings (SSSR count). The summed E-state index contributed by atoms with van der Waals surface area (Å²) < 4.78 is 0. The number of thiazole rings is 1. The lowest BCUT2D eigenvalue weighted by Crippen LogP contribution is -2.33. The second-order valence-corrected chi connectivity index (χ2v) is 5.18. The molecule has 84 valence electrons. The summed E-state index contributed by atoms with van der Waals surface area (Å²) in [6, 6.07) is 0. The Morgan fingerprint density at radius 2 is 2.56 bits per heavy atom. The zero-order chi connectivity index (χ0) is 11.5. The number of nitriles is 1. The number of thioether (sulfide) groups is 1. The fraction of sp³-hybridized carbons (Fsp3) is 0.444. The SMILES string of the molecule is CSC(=NC#N)N1CCc2nc(N)sc2C1. The Bertz CT molecular complexity index is 459. The van der Waals surface area contributed by atoms with Gasteiger partial charge in [0.05, 0.1) is 12.2 Å². The first-order valence-corrected chi connectivity index (χ1v) is 6.78. The number of aliphatic imine (C=N–C) groups is 1. The smallest absolute Gasteiger partial charge is 0.208 e. The van der Waals surface area contributed by atoms with E-state index < -0.39 is 0 Å². The first-order valence-electron chi connectivity index (χ1n) is 4.74. The lowest BCUT2D eigenvalue weighted by Gasteiger charge is -2.27. The van der Waals surface area contributed by atoms with E-state index in [4.69, 9.17) is 11.0 Å². The third-order valence-electron chi connectivity index (χ3n) is 2.35. The third-order valence-corrected chi connectivity index (χ3v) is 3.97. The van der Waals surface area contributed by atoms with Gasteiger partial charge in [-0.2, -0.15) is 5.26 Å². The standard InChI is InChI=1S/C9H11N5S2/c1-15-9(12-5-10)14-3-2-6-7(4-14)16-8(11)13-6/h2-4H2,1H3,(H2,11,13). The molecule has 0 saturated carbocycles. The summed E-state index contributed by atoms with van der Waals surface area (Å²) in [6.07, 6.45) is 4.63. The molecular formula is C9H11N5S2. The van der Waals surface area contributed by atoms with Gasteiger partial charge in [0, 0.05) is 17.8 Å². The quantitative estimate of drug-likeness (QED) is 0.428. The molecule has 7 heteroatoms. The van der Waals surface area contributed by atoms with Gasteiger partial charge in [0.2, 0.25) is 6.19 Å². The van der Waals surface area contributed by atoms with Gasteiger partial charge in [0.25, 0.3) is 0 Å². The monoisotopic (exact) mass is 253 g/mol.